The van der Waals surface area contributed by atoms with E-state index < -0.39 is 10.8 Å². The molecule has 0 saturated carbocycles. The smallest absolute Gasteiger partial charge is 0.270 e. The molecule has 0 unspecified atom stereocenters. The number of piperazine rings is 1. The van der Waals surface area contributed by atoms with Gasteiger partial charge in [-0.15, -0.1) is 0 Å². The van der Waals surface area contributed by atoms with E-state index in [0.29, 0.717) is 11.6 Å². The van der Waals surface area contributed by atoms with Gasteiger partial charge in [0.15, 0.2) is 0 Å². The minimum atomic E-state index is -0.578. The van der Waals surface area contributed by atoms with Crippen molar-refractivity contribution in [3.63, 3.8) is 0 Å². The molecule has 3 aromatic rings. The molecule has 2 heterocycles. The Morgan fingerprint density at radius 1 is 1.00 bits per heavy atom. The van der Waals surface area contributed by atoms with E-state index >= 15 is 0 Å². The lowest BCUT2D eigenvalue weighted by Crippen LogP contribution is -2.46. The van der Waals surface area contributed by atoms with Gasteiger partial charge < -0.3 is 15.1 Å². The molecule has 1 fully saturated rings. The van der Waals surface area contributed by atoms with E-state index in [9.17, 15) is 14.9 Å². The lowest BCUT2D eigenvalue weighted by atomic mass is 10.2. The number of hydrogen-bond acceptors (Lipinski definition) is 7. The van der Waals surface area contributed by atoms with Gasteiger partial charge in [0.05, 0.1) is 15.5 Å². The van der Waals surface area contributed by atoms with E-state index in [1.54, 1.807) is 6.07 Å². The molecular formula is C21H19ClN6O3. The fourth-order valence-electron chi connectivity index (χ4n) is 3.41. The zero-order valence-electron chi connectivity index (χ0n) is 16.4. The Labute approximate surface area is 183 Å². The molecule has 0 bridgehead atoms. The number of nitrogens with one attached hydrogen (secondary N) is 1. The summed E-state index contributed by atoms with van der Waals surface area (Å²) < 4.78 is 0. The quantitative estimate of drug-likeness (QED) is 0.479. The molecule has 1 amide bonds. The average Bonchev–Trinajstić information content (AvgIpc) is 2.80. The lowest BCUT2D eigenvalue weighted by Gasteiger charge is -2.36. The van der Waals surface area contributed by atoms with Crippen LogP contribution in [0.15, 0.2) is 60.9 Å². The van der Waals surface area contributed by atoms with Crippen LogP contribution in [0, 0.1) is 10.1 Å². The van der Waals surface area contributed by atoms with Gasteiger partial charge in [-0.1, -0.05) is 29.8 Å². The van der Waals surface area contributed by atoms with Crippen LogP contribution in [0.25, 0.3) is 0 Å². The van der Waals surface area contributed by atoms with Crippen molar-refractivity contribution in [3.05, 3.63) is 81.6 Å². The molecule has 9 nitrogen and oxygen atoms in total. The lowest BCUT2D eigenvalue weighted by molar-refractivity contribution is -0.384. The maximum absolute atomic E-state index is 12.6. The van der Waals surface area contributed by atoms with E-state index in [-0.39, 0.29) is 16.3 Å². The van der Waals surface area contributed by atoms with Gasteiger partial charge in [-0.25, -0.2) is 9.97 Å². The zero-order chi connectivity index (χ0) is 21.8. The van der Waals surface area contributed by atoms with Gasteiger partial charge in [0, 0.05) is 50.1 Å². The number of aromatic nitrogens is 2. The van der Waals surface area contributed by atoms with E-state index in [0.717, 1.165) is 32.2 Å². The van der Waals surface area contributed by atoms with Crippen molar-refractivity contribution in [2.24, 2.45) is 0 Å². The predicted octanol–water partition coefficient (Wildman–Crippen LogP) is 3.62. The van der Waals surface area contributed by atoms with Crippen LogP contribution in [0.2, 0.25) is 5.02 Å². The highest BCUT2D eigenvalue weighted by molar-refractivity contribution is 6.34. The van der Waals surface area contributed by atoms with E-state index in [1.807, 2.05) is 18.2 Å². The first-order chi connectivity index (χ1) is 15.0. The highest BCUT2D eigenvalue weighted by Gasteiger charge is 2.20. The number of hydrogen-bond donors (Lipinski definition) is 1. The Morgan fingerprint density at radius 3 is 2.42 bits per heavy atom. The maximum atomic E-state index is 12.6. The summed E-state index contributed by atoms with van der Waals surface area (Å²) >= 11 is 6.05. The second-order valence-electron chi connectivity index (χ2n) is 6.95. The van der Waals surface area contributed by atoms with Crippen LogP contribution < -0.4 is 15.1 Å². The van der Waals surface area contributed by atoms with Crippen LogP contribution in [0.1, 0.15) is 10.4 Å². The molecule has 1 aliphatic rings. The molecule has 1 aromatic heterocycles. The number of non-ortho nitro benzene ring substituents is 1. The number of benzene rings is 2. The van der Waals surface area contributed by atoms with Crippen LogP contribution in [0.5, 0.6) is 0 Å². The number of para-hydroxylation sites is 1. The number of carbonyl (C=O) groups is 1. The molecule has 0 aliphatic carbocycles. The summed E-state index contributed by atoms with van der Waals surface area (Å²) in [5.74, 6) is 0.415. The molecule has 1 aliphatic heterocycles. The number of halogens is 1. The Morgan fingerprint density at radius 2 is 1.71 bits per heavy atom. The molecule has 158 valence electrons. The summed E-state index contributed by atoms with van der Waals surface area (Å²) in [6, 6.07) is 15.6. The van der Waals surface area contributed by atoms with E-state index in [2.05, 4.69) is 37.2 Å². The van der Waals surface area contributed by atoms with Gasteiger partial charge in [0.1, 0.15) is 18.0 Å². The summed E-state index contributed by atoms with van der Waals surface area (Å²) in [4.78, 5) is 35.8. The number of carbonyl (C=O) groups excluding carboxylic acids is 1. The fourth-order valence-corrected chi connectivity index (χ4v) is 3.61. The van der Waals surface area contributed by atoms with Gasteiger partial charge in [-0.05, 0) is 18.2 Å². The molecule has 0 atom stereocenters. The van der Waals surface area contributed by atoms with Gasteiger partial charge >= 0.3 is 0 Å². The first-order valence-electron chi connectivity index (χ1n) is 9.63. The van der Waals surface area contributed by atoms with Crippen molar-refractivity contribution in [2.75, 3.05) is 41.3 Å². The van der Waals surface area contributed by atoms with Gasteiger partial charge in [-0.2, -0.15) is 0 Å². The van der Waals surface area contributed by atoms with Crippen molar-refractivity contribution in [3.8, 4) is 0 Å². The van der Waals surface area contributed by atoms with Crippen molar-refractivity contribution in [1.29, 1.82) is 0 Å². The fraction of sp³-hybridized carbons (Fsp3) is 0.190. The predicted molar refractivity (Wildman–Crippen MR) is 119 cm³/mol. The van der Waals surface area contributed by atoms with Crippen molar-refractivity contribution in [1.82, 2.24) is 9.97 Å². The van der Waals surface area contributed by atoms with Crippen LogP contribution >= 0.6 is 11.6 Å². The first-order valence-corrected chi connectivity index (χ1v) is 10.0. The summed E-state index contributed by atoms with van der Waals surface area (Å²) in [5, 5.41) is 13.7. The summed E-state index contributed by atoms with van der Waals surface area (Å²) in [7, 11) is 0. The summed E-state index contributed by atoms with van der Waals surface area (Å²) in [6.07, 6.45) is 1.38. The van der Waals surface area contributed by atoms with Gasteiger partial charge in [-0.3, -0.25) is 14.9 Å². The minimum Gasteiger partial charge on any atom is -0.368 e. The first kappa shape index (κ1) is 20.5. The highest BCUT2D eigenvalue weighted by Crippen LogP contribution is 2.24. The maximum Gasteiger partial charge on any atom is 0.270 e. The zero-order valence-corrected chi connectivity index (χ0v) is 17.2. The number of anilines is 3. The molecular weight excluding hydrogens is 420 g/mol. The Balaban J connectivity index is 1.44. The Kier molecular flexibility index (Phi) is 5.94. The van der Waals surface area contributed by atoms with Crippen molar-refractivity contribution in [2.45, 2.75) is 0 Å². The number of amides is 1. The van der Waals surface area contributed by atoms with Gasteiger partial charge in [0.2, 0.25) is 0 Å². The molecule has 31 heavy (non-hydrogen) atoms. The SMILES string of the molecule is O=C(Nc1cc(N2CCN(c3ccccc3)CC2)ncn1)c1cc([N+](=O)[O-])ccc1Cl. The van der Waals surface area contributed by atoms with Crippen LogP contribution in [-0.4, -0.2) is 47.0 Å². The largest absolute Gasteiger partial charge is 0.368 e. The van der Waals surface area contributed by atoms with Crippen LogP contribution in [-0.2, 0) is 0 Å². The van der Waals surface area contributed by atoms with Crippen LogP contribution in [0.3, 0.4) is 0 Å². The minimum absolute atomic E-state index is 0.00695. The number of nitrogens with zero attached hydrogens (tertiary/aromatic N) is 5. The second kappa shape index (κ2) is 8.97. The average molecular weight is 439 g/mol. The number of rotatable bonds is 5. The third-order valence-corrected chi connectivity index (χ3v) is 5.35. The molecule has 1 saturated heterocycles. The Bertz CT molecular complexity index is 1100. The second-order valence-corrected chi connectivity index (χ2v) is 7.35. The molecule has 2 aromatic carbocycles. The highest BCUT2D eigenvalue weighted by atomic mass is 35.5. The Hall–Kier alpha value is -3.72. The number of nitro benzene ring substituents is 1. The summed E-state index contributed by atoms with van der Waals surface area (Å²) in [6.45, 7) is 3.24. The normalized spacial score (nSPS) is 13.7. The van der Waals surface area contributed by atoms with E-state index in [1.165, 1.54) is 24.1 Å². The molecule has 0 radical (unpaired) electrons. The molecule has 1 N–H and O–H groups in total. The van der Waals surface area contributed by atoms with Crippen molar-refractivity contribution < 1.29 is 9.72 Å². The van der Waals surface area contributed by atoms with Gasteiger partial charge in [0.25, 0.3) is 11.6 Å². The van der Waals surface area contributed by atoms with Crippen LogP contribution in [0.4, 0.5) is 23.0 Å². The third-order valence-electron chi connectivity index (χ3n) is 5.02. The monoisotopic (exact) mass is 438 g/mol. The standard InChI is InChI=1S/C21H19ClN6O3/c22-18-7-6-16(28(30)31)12-17(18)21(29)25-19-13-20(24-14-23-19)27-10-8-26(9-11-27)15-4-2-1-3-5-15/h1-7,12-14H,8-11H2,(H,23,24,25,29). The molecule has 0 spiro atoms. The molecule has 10 heteroatoms. The summed E-state index contributed by atoms with van der Waals surface area (Å²) in [5.41, 5.74) is 0.980. The number of nitro groups is 1. The topological polar surface area (TPSA) is 104 Å². The molecule has 4 rings (SSSR count). The third kappa shape index (κ3) is 4.72. The van der Waals surface area contributed by atoms with Crippen molar-refractivity contribution >= 4 is 40.5 Å². The van der Waals surface area contributed by atoms with E-state index in [4.69, 9.17) is 11.6 Å².